The van der Waals surface area contributed by atoms with Crippen molar-refractivity contribution in [1.82, 2.24) is 5.32 Å². The van der Waals surface area contributed by atoms with Gasteiger partial charge in [-0.2, -0.15) is 0 Å². The van der Waals surface area contributed by atoms with Crippen molar-refractivity contribution in [3.05, 3.63) is 0 Å². The zero-order valence-corrected chi connectivity index (χ0v) is 13.7. The molecule has 1 saturated carbocycles. The molecular formula is C17H35NO2. The predicted octanol–water partition coefficient (Wildman–Crippen LogP) is 3.36. The second-order valence-corrected chi connectivity index (χ2v) is 6.72. The Hall–Kier alpha value is -0.120. The summed E-state index contributed by atoms with van der Waals surface area (Å²) in [6.07, 6.45) is 8.75. The van der Waals surface area contributed by atoms with Crippen LogP contribution in [0.5, 0.6) is 0 Å². The molecule has 3 nitrogen and oxygen atoms in total. The van der Waals surface area contributed by atoms with Crippen LogP contribution < -0.4 is 5.32 Å². The lowest BCUT2D eigenvalue weighted by atomic mass is 9.85. The van der Waals surface area contributed by atoms with E-state index in [0.717, 1.165) is 12.5 Å². The van der Waals surface area contributed by atoms with E-state index >= 15 is 0 Å². The summed E-state index contributed by atoms with van der Waals surface area (Å²) in [5.74, 6) is 1.47. The Morgan fingerprint density at radius 1 is 1.25 bits per heavy atom. The third kappa shape index (κ3) is 7.61. The van der Waals surface area contributed by atoms with Crippen molar-refractivity contribution in [2.45, 2.75) is 77.9 Å². The molecule has 0 aliphatic heterocycles. The second-order valence-electron chi connectivity index (χ2n) is 6.72. The van der Waals surface area contributed by atoms with Crippen LogP contribution in [0.2, 0.25) is 0 Å². The number of hydrogen-bond acceptors (Lipinski definition) is 3. The van der Waals surface area contributed by atoms with E-state index in [0.29, 0.717) is 25.2 Å². The molecule has 3 unspecified atom stereocenters. The van der Waals surface area contributed by atoms with Gasteiger partial charge < -0.3 is 15.2 Å². The number of hydrogen-bond donors (Lipinski definition) is 2. The first-order valence-corrected chi connectivity index (χ1v) is 8.63. The van der Waals surface area contributed by atoms with E-state index in [2.05, 4.69) is 26.1 Å². The number of rotatable bonds is 10. The molecule has 1 aliphatic carbocycles. The van der Waals surface area contributed by atoms with Crippen molar-refractivity contribution in [3.63, 3.8) is 0 Å². The van der Waals surface area contributed by atoms with Crippen LogP contribution in [0.3, 0.4) is 0 Å². The quantitative estimate of drug-likeness (QED) is 0.605. The van der Waals surface area contributed by atoms with Gasteiger partial charge in [0.05, 0.1) is 18.8 Å². The molecular weight excluding hydrogens is 250 g/mol. The summed E-state index contributed by atoms with van der Waals surface area (Å²) >= 11 is 0. The van der Waals surface area contributed by atoms with Crippen molar-refractivity contribution >= 4 is 0 Å². The van der Waals surface area contributed by atoms with Gasteiger partial charge in [-0.05, 0) is 44.1 Å². The monoisotopic (exact) mass is 285 g/mol. The van der Waals surface area contributed by atoms with Crippen LogP contribution in [0.15, 0.2) is 0 Å². The second kappa shape index (κ2) is 10.6. The summed E-state index contributed by atoms with van der Waals surface area (Å²) in [4.78, 5) is 0. The van der Waals surface area contributed by atoms with E-state index in [9.17, 15) is 5.11 Å². The van der Waals surface area contributed by atoms with Gasteiger partial charge in [-0.1, -0.05) is 40.0 Å². The van der Waals surface area contributed by atoms with Crippen LogP contribution in [0.1, 0.15) is 65.7 Å². The molecule has 1 aliphatic rings. The summed E-state index contributed by atoms with van der Waals surface area (Å²) in [5, 5.41) is 13.3. The van der Waals surface area contributed by atoms with E-state index in [1.807, 2.05) is 0 Å². The van der Waals surface area contributed by atoms with E-state index in [4.69, 9.17) is 4.74 Å². The van der Waals surface area contributed by atoms with Gasteiger partial charge in [0, 0.05) is 6.54 Å². The van der Waals surface area contributed by atoms with E-state index in [1.54, 1.807) is 0 Å². The average Bonchev–Trinajstić information content (AvgIpc) is 2.44. The SMILES string of the molecule is CCC1CCCCC1OCC(O)CNCCCC(C)C. The maximum Gasteiger partial charge on any atom is 0.0897 e. The lowest BCUT2D eigenvalue weighted by molar-refractivity contribution is -0.0498. The molecule has 0 radical (unpaired) electrons. The standard InChI is InChI=1S/C17H35NO2/c1-4-15-9-5-6-10-17(15)20-13-16(19)12-18-11-7-8-14(2)3/h14-19H,4-13H2,1-3H3. The highest BCUT2D eigenvalue weighted by molar-refractivity contribution is 4.75. The van der Waals surface area contributed by atoms with Gasteiger partial charge in [0.25, 0.3) is 0 Å². The van der Waals surface area contributed by atoms with Gasteiger partial charge in [-0.3, -0.25) is 0 Å². The molecule has 0 aromatic heterocycles. The van der Waals surface area contributed by atoms with Crippen LogP contribution in [0, 0.1) is 11.8 Å². The summed E-state index contributed by atoms with van der Waals surface area (Å²) in [6, 6.07) is 0. The molecule has 3 atom stereocenters. The minimum Gasteiger partial charge on any atom is -0.389 e. The Labute approximate surface area is 125 Å². The third-order valence-corrected chi connectivity index (χ3v) is 4.38. The molecule has 0 aromatic carbocycles. The normalized spacial score (nSPS) is 25.1. The minimum atomic E-state index is -0.367. The first kappa shape index (κ1) is 17.9. The molecule has 0 bridgehead atoms. The first-order valence-electron chi connectivity index (χ1n) is 8.63. The molecule has 20 heavy (non-hydrogen) atoms. The molecule has 1 fully saturated rings. The summed E-state index contributed by atoms with van der Waals surface area (Å²) in [7, 11) is 0. The van der Waals surface area contributed by atoms with Gasteiger partial charge in [0.2, 0.25) is 0 Å². The molecule has 0 spiro atoms. The average molecular weight is 285 g/mol. The van der Waals surface area contributed by atoms with Gasteiger partial charge >= 0.3 is 0 Å². The molecule has 0 saturated heterocycles. The Balaban J connectivity index is 2.05. The fourth-order valence-corrected chi connectivity index (χ4v) is 3.06. The maximum atomic E-state index is 9.96. The smallest absolute Gasteiger partial charge is 0.0897 e. The Kier molecular flexibility index (Phi) is 9.49. The minimum absolute atomic E-state index is 0.367. The lowest BCUT2D eigenvalue weighted by Gasteiger charge is -2.31. The fraction of sp³-hybridized carbons (Fsp3) is 1.00. The summed E-state index contributed by atoms with van der Waals surface area (Å²) in [6.45, 7) is 8.88. The Morgan fingerprint density at radius 3 is 2.70 bits per heavy atom. The van der Waals surface area contributed by atoms with Crippen molar-refractivity contribution < 1.29 is 9.84 Å². The Bertz CT molecular complexity index is 233. The predicted molar refractivity (Wildman–Crippen MR) is 84.9 cm³/mol. The van der Waals surface area contributed by atoms with Crippen LogP contribution >= 0.6 is 0 Å². The number of aliphatic hydroxyl groups excluding tert-OH is 1. The van der Waals surface area contributed by atoms with Crippen LogP contribution in [0.4, 0.5) is 0 Å². The van der Waals surface area contributed by atoms with Gasteiger partial charge in [-0.15, -0.1) is 0 Å². The highest BCUT2D eigenvalue weighted by atomic mass is 16.5. The Morgan fingerprint density at radius 2 is 2.00 bits per heavy atom. The number of nitrogens with one attached hydrogen (secondary N) is 1. The number of ether oxygens (including phenoxy) is 1. The van der Waals surface area contributed by atoms with Crippen molar-refractivity contribution in [1.29, 1.82) is 0 Å². The molecule has 1 rings (SSSR count). The molecule has 0 amide bonds. The molecule has 0 heterocycles. The van der Waals surface area contributed by atoms with E-state index in [1.165, 1.54) is 44.9 Å². The largest absolute Gasteiger partial charge is 0.389 e. The van der Waals surface area contributed by atoms with Crippen molar-refractivity contribution in [3.8, 4) is 0 Å². The van der Waals surface area contributed by atoms with Crippen LogP contribution in [-0.4, -0.2) is 37.0 Å². The van der Waals surface area contributed by atoms with Crippen molar-refractivity contribution in [2.24, 2.45) is 11.8 Å². The van der Waals surface area contributed by atoms with Gasteiger partial charge in [-0.25, -0.2) is 0 Å². The topological polar surface area (TPSA) is 41.5 Å². The van der Waals surface area contributed by atoms with Gasteiger partial charge in [0.1, 0.15) is 0 Å². The van der Waals surface area contributed by atoms with Gasteiger partial charge in [0.15, 0.2) is 0 Å². The lowest BCUT2D eigenvalue weighted by Crippen LogP contribution is -2.35. The fourth-order valence-electron chi connectivity index (χ4n) is 3.06. The zero-order valence-electron chi connectivity index (χ0n) is 13.7. The molecule has 3 heteroatoms. The molecule has 120 valence electrons. The highest BCUT2D eigenvalue weighted by Gasteiger charge is 2.24. The third-order valence-electron chi connectivity index (χ3n) is 4.38. The summed E-state index contributed by atoms with van der Waals surface area (Å²) < 4.78 is 5.95. The van der Waals surface area contributed by atoms with Crippen molar-refractivity contribution in [2.75, 3.05) is 19.7 Å². The highest BCUT2D eigenvalue weighted by Crippen LogP contribution is 2.29. The van der Waals surface area contributed by atoms with E-state index < -0.39 is 0 Å². The maximum absolute atomic E-state index is 9.96. The van der Waals surface area contributed by atoms with Crippen LogP contribution in [0.25, 0.3) is 0 Å². The first-order chi connectivity index (χ1) is 9.63. The number of aliphatic hydroxyl groups is 1. The molecule has 2 N–H and O–H groups in total. The van der Waals surface area contributed by atoms with E-state index in [-0.39, 0.29) is 6.10 Å². The molecule has 0 aromatic rings. The zero-order chi connectivity index (χ0) is 14.8. The van der Waals surface area contributed by atoms with Crippen LogP contribution in [-0.2, 0) is 4.74 Å². The summed E-state index contributed by atoms with van der Waals surface area (Å²) in [5.41, 5.74) is 0.